The number of ether oxygens (including phenoxy) is 1. The summed E-state index contributed by atoms with van der Waals surface area (Å²) >= 11 is 1.18. The highest BCUT2D eigenvalue weighted by Crippen LogP contribution is 2.42. The minimum atomic E-state index is -0.802. The Balaban J connectivity index is 1.65. The van der Waals surface area contributed by atoms with Gasteiger partial charge in [0, 0.05) is 0 Å². The summed E-state index contributed by atoms with van der Waals surface area (Å²) in [5.41, 5.74) is 2.02. The summed E-state index contributed by atoms with van der Waals surface area (Å²) in [4.78, 5) is 28.3. The Labute approximate surface area is 192 Å². The molecule has 9 heteroatoms. The van der Waals surface area contributed by atoms with E-state index in [0.717, 1.165) is 25.3 Å². The van der Waals surface area contributed by atoms with Gasteiger partial charge in [0.1, 0.15) is 22.7 Å². The van der Waals surface area contributed by atoms with E-state index >= 15 is 0 Å². The van der Waals surface area contributed by atoms with Crippen LogP contribution in [0.25, 0.3) is 11.0 Å². The lowest BCUT2D eigenvalue weighted by Crippen LogP contribution is -2.29. The second-order valence-corrected chi connectivity index (χ2v) is 8.55. The number of carbonyl (C=O) groups is 1. The Morgan fingerprint density at radius 1 is 1.18 bits per heavy atom. The van der Waals surface area contributed by atoms with Crippen molar-refractivity contribution in [3.63, 3.8) is 0 Å². The van der Waals surface area contributed by atoms with Crippen molar-refractivity contribution >= 4 is 33.3 Å². The molecule has 7 nitrogen and oxygen atoms in total. The van der Waals surface area contributed by atoms with Crippen molar-refractivity contribution in [1.82, 2.24) is 10.2 Å². The van der Waals surface area contributed by atoms with Crippen LogP contribution in [0.15, 0.2) is 57.2 Å². The second-order valence-electron chi connectivity index (χ2n) is 7.74. The number of carbonyl (C=O) groups excluding carboxylic acids is 1. The number of hydrogen-bond donors (Lipinski definition) is 0. The molecule has 0 aliphatic carbocycles. The predicted molar refractivity (Wildman–Crippen MR) is 122 cm³/mol. The summed E-state index contributed by atoms with van der Waals surface area (Å²) in [6.45, 7) is 2.70. The number of aromatic nitrogens is 2. The monoisotopic (exact) mass is 465 g/mol. The second kappa shape index (κ2) is 8.74. The van der Waals surface area contributed by atoms with Crippen LogP contribution in [0, 0.1) is 5.82 Å². The Hall–Kier alpha value is -3.59. The van der Waals surface area contributed by atoms with Gasteiger partial charge in [0.05, 0.1) is 23.6 Å². The number of fused-ring (bicyclic) bond motifs is 2. The van der Waals surface area contributed by atoms with Crippen molar-refractivity contribution < 1.29 is 18.3 Å². The molecule has 0 saturated heterocycles. The van der Waals surface area contributed by atoms with Crippen LogP contribution in [-0.2, 0) is 0 Å². The number of benzene rings is 2. The van der Waals surface area contributed by atoms with Crippen molar-refractivity contribution in [2.24, 2.45) is 0 Å². The van der Waals surface area contributed by atoms with Crippen LogP contribution in [0.2, 0.25) is 0 Å². The summed E-state index contributed by atoms with van der Waals surface area (Å²) in [5.74, 6) is -0.491. The molecule has 1 amide bonds. The zero-order chi connectivity index (χ0) is 22.9. The molecule has 1 unspecified atom stereocenters. The van der Waals surface area contributed by atoms with Crippen molar-refractivity contribution in [1.29, 1.82) is 0 Å². The van der Waals surface area contributed by atoms with Crippen molar-refractivity contribution in [3.05, 3.63) is 80.9 Å². The largest absolute Gasteiger partial charge is 0.494 e. The maximum absolute atomic E-state index is 13.9. The van der Waals surface area contributed by atoms with Crippen LogP contribution in [0.4, 0.5) is 9.52 Å². The highest BCUT2D eigenvalue weighted by atomic mass is 32.1. The van der Waals surface area contributed by atoms with Crippen molar-refractivity contribution in [3.8, 4) is 5.75 Å². The predicted octanol–water partition coefficient (Wildman–Crippen LogP) is 5.10. The van der Waals surface area contributed by atoms with E-state index in [4.69, 9.17) is 9.15 Å². The van der Waals surface area contributed by atoms with Gasteiger partial charge < -0.3 is 9.15 Å². The van der Waals surface area contributed by atoms with E-state index in [1.165, 1.54) is 33.9 Å². The van der Waals surface area contributed by atoms with Gasteiger partial charge in [-0.3, -0.25) is 14.5 Å². The molecule has 1 aliphatic rings. The molecule has 1 aliphatic heterocycles. The minimum Gasteiger partial charge on any atom is -0.494 e. The molecule has 2 aromatic carbocycles. The molecule has 5 rings (SSSR count). The van der Waals surface area contributed by atoms with Crippen LogP contribution in [-0.4, -0.2) is 22.7 Å². The molecule has 0 fully saturated rings. The summed E-state index contributed by atoms with van der Waals surface area (Å²) in [5, 5.41) is 8.32. The first kappa shape index (κ1) is 21.3. The van der Waals surface area contributed by atoms with Gasteiger partial charge in [-0.15, -0.1) is 10.2 Å². The van der Waals surface area contributed by atoms with Crippen LogP contribution in [0.1, 0.15) is 53.9 Å². The molecule has 0 spiro atoms. The first-order valence-corrected chi connectivity index (χ1v) is 11.5. The van der Waals surface area contributed by atoms with Crippen LogP contribution in [0.5, 0.6) is 5.75 Å². The Kier molecular flexibility index (Phi) is 5.63. The zero-order valence-electron chi connectivity index (χ0n) is 17.8. The normalized spacial score (nSPS) is 15.3. The highest BCUT2D eigenvalue weighted by Gasteiger charge is 2.45. The number of hydrogen-bond acceptors (Lipinski definition) is 7. The quantitative estimate of drug-likeness (QED) is 0.353. The summed E-state index contributed by atoms with van der Waals surface area (Å²) in [6, 6.07) is 10.1. The lowest BCUT2D eigenvalue weighted by atomic mass is 9.98. The molecule has 1 atom stereocenters. The fraction of sp³-hybridized carbons (Fsp3) is 0.250. The number of nitrogens with zero attached hydrogens (tertiary/aromatic N) is 3. The Morgan fingerprint density at radius 2 is 2.06 bits per heavy atom. The maximum atomic E-state index is 13.9. The molecule has 0 bridgehead atoms. The molecule has 3 heterocycles. The first-order chi connectivity index (χ1) is 16.1. The summed E-state index contributed by atoms with van der Waals surface area (Å²) in [7, 11) is 0. The van der Waals surface area contributed by atoms with Gasteiger partial charge in [-0.1, -0.05) is 43.2 Å². The van der Waals surface area contributed by atoms with Gasteiger partial charge in [0.15, 0.2) is 5.43 Å². The van der Waals surface area contributed by atoms with E-state index in [1.807, 2.05) is 24.3 Å². The van der Waals surface area contributed by atoms with Gasteiger partial charge in [0.25, 0.3) is 5.91 Å². The van der Waals surface area contributed by atoms with Gasteiger partial charge >= 0.3 is 0 Å². The molecule has 0 radical (unpaired) electrons. The number of halogens is 1. The third kappa shape index (κ3) is 3.78. The highest BCUT2D eigenvalue weighted by molar-refractivity contribution is 7.13. The molecular formula is C24H20FN3O4S. The zero-order valence-corrected chi connectivity index (χ0v) is 18.6. The van der Waals surface area contributed by atoms with Crippen LogP contribution in [0.3, 0.4) is 0 Å². The number of unbranched alkanes of at least 4 members (excludes halogenated alkanes) is 2. The maximum Gasteiger partial charge on any atom is 0.297 e. The van der Waals surface area contributed by atoms with E-state index in [2.05, 4.69) is 17.1 Å². The number of rotatable bonds is 7. The fourth-order valence-corrected chi connectivity index (χ4v) is 4.63. The SMILES string of the molecule is CCCCCOc1cccc(C2c3c(oc4ccc(F)cc4c3=O)C(=O)N2c2nncs2)c1. The summed E-state index contributed by atoms with van der Waals surface area (Å²) < 4.78 is 25.6. The lowest BCUT2D eigenvalue weighted by molar-refractivity contribution is 0.0970. The Morgan fingerprint density at radius 3 is 2.85 bits per heavy atom. The van der Waals surface area contributed by atoms with E-state index < -0.39 is 23.2 Å². The fourth-order valence-electron chi connectivity index (χ4n) is 4.05. The molecule has 4 aromatic rings. The number of amides is 1. The molecule has 2 aromatic heterocycles. The minimum absolute atomic E-state index is 0.0754. The Bertz CT molecular complexity index is 1390. The molecule has 0 saturated carbocycles. The van der Waals surface area contributed by atoms with Crippen LogP contribution >= 0.6 is 11.3 Å². The van der Waals surface area contributed by atoms with E-state index in [0.29, 0.717) is 23.1 Å². The lowest BCUT2D eigenvalue weighted by Gasteiger charge is -2.22. The van der Waals surface area contributed by atoms with E-state index in [9.17, 15) is 14.0 Å². The third-order valence-electron chi connectivity index (χ3n) is 5.58. The van der Waals surface area contributed by atoms with Crippen LogP contribution < -0.4 is 15.1 Å². The standard InChI is InChI=1S/C24H20FN3O4S/c1-2-3-4-10-31-16-7-5-6-14(11-16)20-19-21(29)17-12-15(25)8-9-18(17)32-22(19)23(30)28(20)24-27-26-13-33-24/h5-9,11-13,20H,2-4,10H2,1H3. The van der Waals surface area contributed by atoms with Gasteiger partial charge in [-0.25, -0.2) is 4.39 Å². The topological polar surface area (TPSA) is 85.5 Å². The van der Waals surface area contributed by atoms with Gasteiger partial charge in [-0.05, 0) is 42.3 Å². The van der Waals surface area contributed by atoms with Gasteiger partial charge in [0.2, 0.25) is 10.9 Å². The average Bonchev–Trinajstić information content (AvgIpc) is 3.44. The summed E-state index contributed by atoms with van der Waals surface area (Å²) in [6.07, 6.45) is 3.09. The number of anilines is 1. The smallest absolute Gasteiger partial charge is 0.297 e. The van der Waals surface area contributed by atoms with Crippen molar-refractivity contribution in [2.75, 3.05) is 11.5 Å². The average molecular weight is 466 g/mol. The molecule has 33 heavy (non-hydrogen) atoms. The molecule has 0 N–H and O–H groups in total. The van der Waals surface area contributed by atoms with Crippen molar-refractivity contribution in [2.45, 2.75) is 32.2 Å². The van der Waals surface area contributed by atoms with E-state index in [1.54, 1.807) is 0 Å². The molecular weight excluding hydrogens is 445 g/mol. The van der Waals surface area contributed by atoms with Gasteiger partial charge in [-0.2, -0.15) is 0 Å². The third-order valence-corrected chi connectivity index (χ3v) is 6.27. The van der Waals surface area contributed by atoms with E-state index in [-0.39, 0.29) is 22.3 Å². The first-order valence-electron chi connectivity index (χ1n) is 10.7. The molecule has 168 valence electrons.